The van der Waals surface area contributed by atoms with Gasteiger partial charge in [-0.05, 0) is 96.0 Å². The average molecular weight is 883 g/mol. The molecule has 4 aliphatic rings. The molecule has 6 aromatic rings. The fraction of sp³-hybridized carbons (Fsp3) is 0.347. The summed E-state index contributed by atoms with van der Waals surface area (Å²) in [6.07, 6.45) is 3.58. The van der Waals surface area contributed by atoms with Crippen molar-refractivity contribution < 1.29 is 37.8 Å². The molecule has 10 rings (SSSR count). The van der Waals surface area contributed by atoms with Crippen LogP contribution in [0.2, 0.25) is 0 Å². The first-order chi connectivity index (χ1) is 31.3. The van der Waals surface area contributed by atoms with Gasteiger partial charge in [0.15, 0.2) is 0 Å². The second-order valence-electron chi connectivity index (χ2n) is 17.9. The number of aromatic amines is 2. The third-order valence-corrected chi connectivity index (χ3v) is 13.8. The van der Waals surface area contributed by atoms with Crippen molar-refractivity contribution >= 4 is 35.0 Å². The molecule has 2 aliphatic carbocycles. The lowest BCUT2D eigenvalue weighted by Gasteiger charge is -2.37. The Bertz CT molecular complexity index is 2860. The number of nitrogens with zero attached hydrogens (tertiary/aromatic N) is 4. The molecule has 2 aliphatic heterocycles. The fourth-order valence-electron chi connectivity index (χ4n) is 10.6. The van der Waals surface area contributed by atoms with Crippen LogP contribution in [0.15, 0.2) is 91.1 Å². The van der Waals surface area contributed by atoms with E-state index in [2.05, 4.69) is 25.6 Å². The number of fused-ring (bicyclic) bond motifs is 6. The van der Waals surface area contributed by atoms with Gasteiger partial charge in [-0.2, -0.15) is 8.78 Å². The second kappa shape index (κ2) is 16.2. The standard InChI is InChI=1S/C49H48F2N8O6/c1-25(2)40(57-48(64)65-3)46(61)59-31-15-11-30(20-31)42(59)44-53-36-18-14-28(23-37(36)54-44)27-12-16-32-33-17-13-29(22-35(33)49(50,51)34(32)21-27)38-24-52-43(55-38)39-10-7-19-58(39)45(60)41(56-47(62)63)26-8-5-4-6-9-26/h4-6,8-9,12-14,16-18,21-25,30-31,39-42,56H,7,10-11,15,19-20H2,1-3H3,(H,52,55)(H,53,54)(H,57,64)(H,62,63)/t30-,31+,39-,40-,41+,42-/m0/s1. The highest BCUT2D eigenvalue weighted by molar-refractivity contribution is 5.89. The summed E-state index contributed by atoms with van der Waals surface area (Å²) in [7, 11) is 1.27. The SMILES string of the molecule is COC(=O)N[C@H](C(=O)N1[C@@H]2CC[C@@H](C2)[C@H]1c1nc2ccc(-c3ccc4c(c3)C(F)(F)c3cc(-c5cnc([C@@H]6CCCN6C(=O)[C@H](NC(=O)O)c6ccccc6)[nH]5)ccc3-4)cc2[nH]1)C(C)C. The molecule has 14 nitrogen and oxygen atoms in total. The highest BCUT2D eigenvalue weighted by atomic mass is 19.3. The number of carbonyl (C=O) groups is 4. The Labute approximate surface area is 372 Å². The van der Waals surface area contributed by atoms with Gasteiger partial charge in [-0.25, -0.2) is 19.6 Å². The molecule has 6 atom stereocenters. The Morgan fingerprint density at radius 1 is 0.846 bits per heavy atom. The lowest BCUT2D eigenvalue weighted by atomic mass is 9.95. The van der Waals surface area contributed by atoms with Crippen molar-refractivity contribution in [1.82, 2.24) is 40.4 Å². The van der Waals surface area contributed by atoms with Crippen LogP contribution in [0.4, 0.5) is 18.4 Å². The maximum Gasteiger partial charge on any atom is 0.407 e. The van der Waals surface area contributed by atoms with Crippen molar-refractivity contribution in [1.29, 1.82) is 0 Å². The van der Waals surface area contributed by atoms with Crippen LogP contribution in [-0.2, 0) is 20.2 Å². The third-order valence-electron chi connectivity index (χ3n) is 13.8. The fourth-order valence-corrected chi connectivity index (χ4v) is 10.6. The van der Waals surface area contributed by atoms with Gasteiger partial charge in [0.1, 0.15) is 23.7 Å². The summed E-state index contributed by atoms with van der Waals surface area (Å²) in [5.41, 5.74) is 4.96. The highest BCUT2D eigenvalue weighted by Gasteiger charge is 2.52. The van der Waals surface area contributed by atoms with Gasteiger partial charge in [-0.15, -0.1) is 0 Å². The number of carbonyl (C=O) groups excluding carboxylic acids is 3. The number of H-pyrrole nitrogens is 2. The molecule has 4 aromatic carbocycles. The van der Waals surface area contributed by atoms with E-state index in [9.17, 15) is 24.3 Å². The van der Waals surface area contributed by atoms with E-state index in [4.69, 9.17) is 9.72 Å². The Balaban J connectivity index is 0.889. The van der Waals surface area contributed by atoms with Crippen LogP contribution in [0.3, 0.4) is 0 Å². The van der Waals surface area contributed by atoms with Crippen LogP contribution < -0.4 is 10.6 Å². The van der Waals surface area contributed by atoms with Gasteiger partial charge >= 0.3 is 12.2 Å². The van der Waals surface area contributed by atoms with Gasteiger partial charge in [0, 0.05) is 29.3 Å². The number of ether oxygens (including phenoxy) is 1. The van der Waals surface area contributed by atoms with Crippen LogP contribution in [0.5, 0.6) is 0 Å². The van der Waals surface area contributed by atoms with Crippen molar-refractivity contribution in [2.24, 2.45) is 11.8 Å². The Morgan fingerprint density at radius 3 is 2.28 bits per heavy atom. The predicted octanol–water partition coefficient (Wildman–Crippen LogP) is 8.85. The number of methoxy groups -OCH3 is 1. The maximum atomic E-state index is 16.6. The summed E-state index contributed by atoms with van der Waals surface area (Å²) in [6, 6.07) is 21.8. The molecule has 0 radical (unpaired) electrons. The zero-order chi connectivity index (χ0) is 45.3. The number of hydrogen-bond donors (Lipinski definition) is 5. The summed E-state index contributed by atoms with van der Waals surface area (Å²) in [5.74, 6) is -2.68. The number of hydrogen-bond acceptors (Lipinski definition) is 7. The molecule has 0 spiro atoms. The summed E-state index contributed by atoms with van der Waals surface area (Å²) < 4.78 is 38.1. The van der Waals surface area contributed by atoms with Crippen molar-refractivity contribution in [3.8, 4) is 33.5 Å². The van der Waals surface area contributed by atoms with E-state index < -0.39 is 42.1 Å². The number of amides is 4. The zero-order valence-electron chi connectivity index (χ0n) is 36.0. The molecule has 3 fully saturated rings. The summed E-state index contributed by atoms with van der Waals surface area (Å²) in [4.78, 5) is 71.6. The van der Waals surface area contributed by atoms with E-state index in [0.717, 1.165) is 30.3 Å². The molecule has 65 heavy (non-hydrogen) atoms. The van der Waals surface area contributed by atoms with Crippen molar-refractivity contribution in [3.63, 3.8) is 0 Å². The molecule has 2 bridgehead atoms. The Kier molecular flexibility index (Phi) is 10.4. The van der Waals surface area contributed by atoms with E-state index in [-0.39, 0.29) is 41.0 Å². The van der Waals surface area contributed by atoms with Crippen LogP contribution in [0.1, 0.15) is 92.4 Å². The van der Waals surface area contributed by atoms with Crippen LogP contribution in [0.25, 0.3) is 44.5 Å². The third kappa shape index (κ3) is 7.24. The number of nitrogens with one attached hydrogen (secondary N) is 4. The number of alkyl halides is 2. The van der Waals surface area contributed by atoms with E-state index in [1.807, 2.05) is 43.0 Å². The first-order valence-electron chi connectivity index (χ1n) is 22.0. The summed E-state index contributed by atoms with van der Waals surface area (Å²) in [6.45, 7) is 4.18. The van der Waals surface area contributed by atoms with Crippen LogP contribution in [-0.4, -0.2) is 84.6 Å². The maximum absolute atomic E-state index is 16.6. The first kappa shape index (κ1) is 41.9. The predicted molar refractivity (Wildman–Crippen MR) is 236 cm³/mol. The molecule has 0 unspecified atom stereocenters. The smallest absolute Gasteiger partial charge is 0.407 e. The monoisotopic (exact) mass is 882 g/mol. The number of alkyl carbamates (subject to hydrolysis) is 1. The van der Waals surface area contributed by atoms with Crippen LogP contribution >= 0.6 is 0 Å². The van der Waals surface area contributed by atoms with Gasteiger partial charge in [-0.3, -0.25) is 9.59 Å². The summed E-state index contributed by atoms with van der Waals surface area (Å²) in [5, 5.41) is 14.6. The number of rotatable bonds is 10. The number of halogens is 2. The summed E-state index contributed by atoms with van der Waals surface area (Å²) >= 11 is 0. The van der Waals surface area contributed by atoms with Gasteiger partial charge in [0.2, 0.25) is 5.91 Å². The van der Waals surface area contributed by atoms with Gasteiger partial charge in [0.25, 0.3) is 11.8 Å². The molecule has 4 amide bonds. The van der Waals surface area contributed by atoms with E-state index in [1.165, 1.54) is 13.2 Å². The van der Waals surface area contributed by atoms with Crippen LogP contribution in [0, 0.1) is 11.8 Å². The highest BCUT2D eigenvalue weighted by Crippen LogP contribution is 2.53. The molecular weight excluding hydrogens is 835 g/mol. The molecular formula is C49H48F2N8O6. The molecule has 16 heteroatoms. The molecule has 4 heterocycles. The first-order valence-corrected chi connectivity index (χ1v) is 22.0. The van der Waals surface area contributed by atoms with E-state index in [0.29, 0.717) is 70.1 Å². The topological polar surface area (TPSA) is 186 Å². The number of imidazole rings is 2. The van der Waals surface area contributed by atoms with E-state index >= 15 is 8.78 Å². The minimum Gasteiger partial charge on any atom is -0.465 e. The van der Waals surface area contributed by atoms with Crippen molar-refractivity contribution in [2.45, 2.75) is 82.1 Å². The number of likely N-dealkylation sites (tertiary alicyclic amines) is 2. The second-order valence-corrected chi connectivity index (χ2v) is 17.9. The van der Waals surface area contributed by atoms with Gasteiger partial charge in [-0.1, -0.05) is 74.5 Å². The quantitative estimate of drug-likeness (QED) is 0.0903. The Hall–Kier alpha value is -7.10. The molecule has 2 saturated heterocycles. The van der Waals surface area contributed by atoms with E-state index in [1.54, 1.807) is 65.7 Å². The molecule has 1 saturated carbocycles. The normalized spacial score (nSPS) is 21.3. The average Bonchev–Trinajstić information content (AvgIpc) is 4.18. The number of aromatic nitrogens is 4. The van der Waals surface area contributed by atoms with Crippen molar-refractivity contribution in [3.05, 3.63) is 119 Å². The van der Waals surface area contributed by atoms with Crippen molar-refractivity contribution in [2.75, 3.05) is 13.7 Å². The molecule has 5 N–H and O–H groups in total. The van der Waals surface area contributed by atoms with Gasteiger partial charge < -0.3 is 40.2 Å². The number of benzene rings is 4. The number of piperidine rings is 1. The minimum absolute atomic E-state index is 0.0388. The number of carboxylic acid groups (broad SMARTS) is 1. The Morgan fingerprint density at radius 2 is 1.55 bits per heavy atom. The minimum atomic E-state index is -3.31. The lowest BCUT2D eigenvalue weighted by molar-refractivity contribution is -0.139. The lowest BCUT2D eigenvalue weighted by Crippen LogP contribution is -2.54. The molecule has 334 valence electrons. The zero-order valence-corrected chi connectivity index (χ0v) is 36.0. The van der Waals surface area contributed by atoms with Gasteiger partial charge in [0.05, 0.1) is 42.1 Å². The largest absolute Gasteiger partial charge is 0.465 e. The molecule has 2 aromatic heterocycles.